The van der Waals surface area contributed by atoms with E-state index in [2.05, 4.69) is 43.7 Å². The molecule has 0 aliphatic rings. The van der Waals surface area contributed by atoms with Crippen molar-refractivity contribution in [3.63, 3.8) is 0 Å². The number of halogens is 2. The first-order chi connectivity index (χ1) is 13.7. The number of fused-ring (bicyclic) bond motifs is 1. The SMILES string of the molecule is CC(C)(C)OC(=O)N[C@H](COc1cnc(Cl)c(Br)c1)Cc1csc2ccccc12. The van der Waals surface area contributed by atoms with Gasteiger partial charge >= 0.3 is 6.09 Å². The van der Waals surface area contributed by atoms with Crippen molar-refractivity contribution < 1.29 is 14.3 Å². The second-order valence-electron chi connectivity index (χ2n) is 7.56. The zero-order valence-corrected chi connectivity index (χ0v) is 19.5. The number of pyridine rings is 1. The van der Waals surface area contributed by atoms with Crippen molar-refractivity contribution in [2.24, 2.45) is 0 Å². The van der Waals surface area contributed by atoms with Gasteiger partial charge in [0.25, 0.3) is 0 Å². The summed E-state index contributed by atoms with van der Waals surface area (Å²) in [6, 6.07) is 9.69. The van der Waals surface area contributed by atoms with Crippen LogP contribution in [0, 0.1) is 0 Å². The molecule has 0 aliphatic heterocycles. The number of rotatable bonds is 6. The van der Waals surface area contributed by atoms with Crippen LogP contribution in [0.5, 0.6) is 5.75 Å². The molecule has 154 valence electrons. The number of hydrogen-bond donors (Lipinski definition) is 1. The molecule has 3 rings (SSSR count). The lowest BCUT2D eigenvalue weighted by atomic mass is 10.1. The molecular weight excluding hydrogens is 476 g/mol. The van der Waals surface area contributed by atoms with Gasteiger partial charge in [-0.25, -0.2) is 9.78 Å². The molecule has 0 saturated carbocycles. The summed E-state index contributed by atoms with van der Waals surface area (Å²) in [6.07, 6.45) is 1.70. The fourth-order valence-electron chi connectivity index (χ4n) is 2.76. The van der Waals surface area contributed by atoms with Gasteiger partial charge in [-0.1, -0.05) is 29.8 Å². The second-order valence-corrected chi connectivity index (χ2v) is 9.68. The molecule has 0 unspecified atom stereocenters. The molecule has 3 aromatic rings. The van der Waals surface area contributed by atoms with Crippen molar-refractivity contribution in [3.8, 4) is 5.75 Å². The number of hydrogen-bond acceptors (Lipinski definition) is 5. The zero-order chi connectivity index (χ0) is 21.0. The summed E-state index contributed by atoms with van der Waals surface area (Å²) in [4.78, 5) is 16.4. The molecule has 0 bridgehead atoms. The van der Waals surface area contributed by atoms with Crippen LogP contribution < -0.4 is 10.1 Å². The molecule has 1 aromatic carbocycles. The van der Waals surface area contributed by atoms with Crippen molar-refractivity contribution in [1.29, 1.82) is 0 Å². The van der Waals surface area contributed by atoms with Gasteiger partial charge in [-0.05, 0) is 71.6 Å². The van der Waals surface area contributed by atoms with E-state index in [9.17, 15) is 4.79 Å². The van der Waals surface area contributed by atoms with Crippen LogP contribution in [0.15, 0.2) is 46.4 Å². The van der Waals surface area contributed by atoms with Crippen LogP contribution in [0.25, 0.3) is 10.1 Å². The number of nitrogens with zero attached hydrogens (tertiary/aromatic N) is 1. The first-order valence-electron chi connectivity index (χ1n) is 9.10. The Morgan fingerprint density at radius 1 is 1.34 bits per heavy atom. The monoisotopic (exact) mass is 496 g/mol. The van der Waals surface area contributed by atoms with Crippen LogP contribution in [0.3, 0.4) is 0 Å². The van der Waals surface area contributed by atoms with Crippen molar-refractivity contribution in [1.82, 2.24) is 10.3 Å². The van der Waals surface area contributed by atoms with Gasteiger partial charge in [-0.15, -0.1) is 11.3 Å². The molecule has 0 fully saturated rings. The smallest absolute Gasteiger partial charge is 0.408 e. The van der Waals surface area contributed by atoms with Gasteiger partial charge in [0.05, 0.1) is 16.7 Å². The molecule has 29 heavy (non-hydrogen) atoms. The quantitative estimate of drug-likeness (QED) is 0.410. The highest BCUT2D eigenvalue weighted by atomic mass is 79.9. The number of benzene rings is 1. The molecule has 1 atom stereocenters. The summed E-state index contributed by atoms with van der Waals surface area (Å²) in [6.45, 7) is 5.77. The van der Waals surface area contributed by atoms with Gasteiger partial charge in [-0.2, -0.15) is 0 Å². The first kappa shape index (κ1) is 21.9. The Bertz CT molecular complexity index is 1000. The lowest BCUT2D eigenvalue weighted by Crippen LogP contribution is -2.43. The number of carbonyl (C=O) groups excluding carboxylic acids is 1. The summed E-state index contributed by atoms with van der Waals surface area (Å²) in [5.41, 5.74) is 0.584. The van der Waals surface area contributed by atoms with Crippen molar-refractivity contribution in [3.05, 3.63) is 57.1 Å². The molecule has 2 aromatic heterocycles. The molecule has 8 heteroatoms. The Hall–Kier alpha value is -1.83. The molecule has 1 amide bonds. The van der Waals surface area contributed by atoms with Gasteiger partial charge < -0.3 is 14.8 Å². The van der Waals surface area contributed by atoms with E-state index in [4.69, 9.17) is 21.1 Å². The van der Waals surface area contributed by atoms with Gasteiger partial charge in [0, 0.05) is 4.70 Å². The van der Waals surface area contributed by atoms with Gasteiger partial charge in [-0.3, -0.25) is 0 Å². The van der Waals surface area contributed by atoms with Crippen LogP contribution in [-0.2, 0) is 11.2 Å². The van der Waals surface area contributed by atoms with Crippen LogP contribution in [0.2, 0.25) is 5.15 Å². The van der Waals surface area contributed by atoms with E-state index in [-0.39, 0.29) is 12.6 Å². The number of thiophene rings is 1. The predicted octanol–water partition coefficient (Wildman–Crippen LogP) is 6.23. The van der Waals surface area contributed by atoms with E-state index in [1.54, 1.807) is 23.6 Å². The fourth-order valence-corrected chi connectivity index (χ4v) is 4.17. The highest BCUT2D eigenvalue weighted by Crippen LogP contribution is 2.27. The number of aromatic nitrogens is 1. The minimum absolute atomic E-state index is 0.263. The highest BCUT2D eigenvalue weighted by molar-refractivity contribution is 9.10. The topological polar surface area (TPSA) is 60.5 Å². The molecule has 0 spiro atoms. The van der Waals surface area contributed by atoms with Crippen molar-refractivity contribution in [2.75, 3.05) is 6.61 Å². The van der Waals surface area contributed by atoms with E-state index in [1.807, 2.05) is 32.9 Å². The molecule has 0 radical (unpaired) electrons. The number of amides is 1. The third-order valence-electron chi connectivity index (χ3n) is 3.97. The first-order valence-corrected chi connectivity index (χ1v) is 11.1. The molecule has 1 N–H and O–H groups in total. The maximum Gasteiger partial charge on any atom is 0.408 e. The summed E-state index contributed by atoms with van der Waals surface area (Å²) in [5.74, 6) is 0.562. The van der Waals surface area contributed by atoms with Crippen molar-refractivity contribution in [2.45, 2.75) is 38.8 Å². The van der Waals surface area contributed by atoms with Gasteiger partial charge in [0.15, 0.2) is 0 Å². The van der Waals surface area contributed by atoms with Gasteiger partial charge in [0.1, 0.15) is 23.1 Å². The molecular formula is C21H22BrClN2O3S. The molecule has 0 saturated heterocycles. The normalized spacial score (nSPS) is 12.6. The molecule has 0 aliphatic carbocycles. The number of alkyl carbamates (subject to hydrolysis) is 1. The summed E-state index contributed by atoms with van der Waals surface area (Å²) >= 11 is 11.0. The number of nitrogens with one attached hydrogen (secondary N) is 1. The maximum atomic E-state index is 12.3. The Morgan fingerprint density at radius 2 is 2.10 bits per heavy atom. The summed E-state index contributed by atoms with van der Waals surface area (Å²) < 4.78 is 13.2. The fraction of sp³-hybridized carbons (Fsp3) is 0.333. The van der Waals surface area contributed by atoms with Gasteiger partial charge in [0.2, 0.25) is 0 Å². The Morgan fingerprint density at radius 3 is 2.83 bits per heavy atom. The third-order valence-corrected chi connectivity index (χ3v) is 6.12. The number of carbonyl (C=O) groups is 1. The minimum atomic E-state index is -0.574. The molecule has 5 nitrogen and oxygen atoms in total. The van der Waals surface area contributed by atoms with E-state index in [0.29, 0.717) is 21.8 Å². The van der Waals surface area contributed by atoms with E-state index in [1.165, 1.54) is 10.1 Å². The van der Waals surface area contributed by atoms with E-state index in [0.717, 1.165) is 5.56 Å². The predicted molar refractivity (Wildman–Crippen MR) is 121 cm³/mol. The average molecular weight is 498 g/mol. The zero-order valence-electron chi connectivity index (χ0n) is 16.4. The van der Waals surface area contributed by atoms with Crippen LogP contribution >= 0.6 is 38.9 Å². The average Bonchev–Trinajstić information content (AvgIpc) is 3.04. The molecule has 2 heterocycles. The summed E-state index contributed by atoms with van der Waals surface area (Å²) in [7, 11) is 0. The minimum Gasteiger partial charge on any atom is -0.490 e. The number of ether oxygens (including phenoxy) is 2. The van der Waals surface area contributed by atoms with E-state index < -0.39 is 11.7 Å². The third kappa shape index (κ3) is 6.32. The lowest BCUT2D eigenvalue weighted by Gasteiger charge is -2.24. The lowest BCUT2D eigenvalue weighted by molar-refractivity contribution is 0.0488. The Labute approximate surface area is 187 Å². The highest BCUT2D eigenvalue weighted by Gasteiger charge is 2.21. The summed E-state index contributed by atoms with van der Waals surface area (Å²) in [5, 5.41) is 6.60. The maximum absolute atomic E-state index is 12.3. The van der Waals surface area contributed by atoms with Crippen LogP contribution in [0.1, 0.15) is 26.3 Å². The standard InChI is InChI=1S/C21H22BrClN2O3S/c1-21(2,3)28-20(26)25-14(11-27-15-9-17(22)19(23)24-10-15)8-13-12-29-18-7-5-4-6-16(13)18/h4-7,9-10,12,14H,8,11H2,1-3H3,(H,25,26)/t14-/m0/s1. The van der Waals surface area contributed by atoms with Crippen LogP contribution in [0.4, 0.5) is 4.79 Å². The Balaban J connectivity index is 1.75. The Kier molecular flexibility index (Phi) is 7.03. The largest absolute Gasteiger partial charge is 0.490 e. The van der Waals surface area contributed by atoms with Crippen LogP contribution in [-0.4, -0.2) is 29.3 Å². The second kappa shape index (κ2) is 9.32. The van der Waals surface area contributed by atoms with Crippen molar-refractivity contribution >= 4 is 55.0 Å². The van der Waals surface area contributed by atoms with E-state index >= 15 is 0 Å².